The van der Waals surface area contributed by atoms with E-state index in [0.29, 0.717) is 0 Å². The van der Waals surface area contributed by atoms with Crippen molar-refractivity contribution in [3.8, 4) is 0 Å². The minimum atomic E-state index is -1.32. The average Bonchev–Trinajstić information content (AvgIpc) is 1.62. The summed E-state index contributed by atoms with van der Waals surface area (Å²) in [5, 5.41) is 0. The molecule has 0 aliphatic carbocycles. The molecule has 0 aliphatic heterocycles. The fraction of sp³-hybridized carbons (Fsp3) is 1.00. The predicted octanol–water partition coefficient (Wildman–Crippen LogP) is 2.34. The summed E-state index contributed by atoms with van der Waals surface area (Å²) >= 11 is 0. The Morgan fingerprint density at radius 1 is 1.38 bits per heavy atom. The quantitative estimate of drug-likeness (QED) is 0.500. The number of hydrogen-bond donors (Lipinski definition) is 0. The van der Waals surface area contributed by atoms with Crippen LogP contribution in [0.5, 0.6) is 0 Å². The van der Waals surface area contributed by atoms with Crippen molar-refractivity contribution in [1.82, 2.24) is 0 Å². The van der Waals surface area contributed by atoms with E-state index in [9.17, 15) is 8.78 Å². The van der Waals surface area contributed by atoms with Gasteiger partial charge in [-0.25, -0.2) is 8.78 Å². The molecular weight excluding hydrogens is 110 g/mol. The van der Waals surface area contributed by atoms with Crippen LogP contribution < -0.4 is 0 Å². The van der Waals surface area contributed by atoms with Crippen LogP contribution in [0.1, 0.15) is 20.8 Å². The summed E-state index contributed by atoms with van der Waals surface area (Å²) in [5.74, 6) is 0. The predicted molar refractivity (Wildman–Crippen MR) is 30.3 cm³/mol. The third kappa shape index (κ3) is 2.24. The molecular formula is C6H12F2. The molecule has 0 aromatic rings. The SMILES string of the molecule is CC(C)(C)C(F)CF. The maximum absolute atomic E-state index is 12.3. The molecule has 0 bridgehead atoms. The minimum Gasteiger partial charge on any atom is -0.248 e. The van der Waals surface area contributed by atoms with Crippen LogP contribution in [0.25, 0.3) is 0 Å². The summed E-state index contributed by atoms with van der Waals surface area (Å²) in [6.45, 7) is 4.16. The maximum Gasteiger partial charge on any atom is 0.133 e. The molecule has 0 heterocycles. The van der Waals surface area contributed by atoms with E-state index in [1.54, 1.807) is 20.8 Å². The molecule has 0 saturated heterocycles. The summed E-state index contributed by atoms with van der Waals surface area (Å²) in [7, 11) is 0. The van der Waals surface area contributed by atoms with Gasteiger partial charge in [-0.3, -0.25) is 0 Å². The second-order valence-corrected chi connectivity index (χ2v) is 2.99. The summed E-state index contributed by atoms with van der Waals surface area (Å²) < 4.78 is 23.8. The van der Waals surface area contributed by atoms with Crippen LogP contribution in [0.15, 0.2) is 0 Å². The fourth-order valence-electron chi connectivity index (χ4n) is 0.231. The molecule has 1 unspecified atom stereocenters. The first-order chi connectivity index (χ1) is 3.48. The van der Waals surface area contributed by atoms with Crippen LogP contribution in [0.3, 0.4) is 0 Å². The summed E-state index contributed by atoms with van der Waals surface area (Å²) in [5.41, 5.74) is -0.533. The van der Waals surface area contributed by atoms with Crippen LogP contribution in [-0.4, -0.2) is 12.8 Å². The lowest BCUT2D eigenvalue weighted by atomic mass is 9.91. The Bertz CT molecular complexity index is 63.4. The Hall–Kier alpha value is -0.140. The highest BCUT2D eigenvalue weighted by Crippen LogP contribution is 2.21. The first-order valence-electron chi connectivity index (χ1n) is 2.68. The van der Waals surface area contributed by atoms with E-state index in [1.807, 2.05) is 0 Å². The van der Waals surface area contributed by atoms with Crippen LogP contribution in [-0.2, 0) is 0 Å². The molecule has 0 rings (SSSR count). The van der Waals surface area contributed by atoms with E-state index in [0.717, 1.165) is 0 Å². The monoisotopic (exact) mass is 122 g/mol. The molecule has 2 heteroatoms. The third-order valence-corrected chi connectivity index (χ3v) is 1.08. The number of alkyl halides is 2. The van der Waals surface area contributed by atoms with Crippen molar-refractivity contribution in [2.75, 3.05) is 6.67 Å². The van der Waals surface area contributed by atoms with Crippen molar-refractivity contribution >= 4 is 0 Å². The normalized spacial score (nSPS) is 16.1. The highest BCUT2D eigenvalue weighted by molar-refractivity contribution is 4.71. The van der Waals surface area contributed by atoms with Gasteiger partial charge in [0.1, 0.15) is 12.8 Å². The molecule has 0 N–H and O–H groups in total. The van der Waals surface area contributed by atoms with Crippen molar-refractivity contribution in [1.29, 1.82) is 0 Å². The van der Waals surface area contributed by atoms with Crippen molar-refractivity contribution in [3.05, 3.63) is 0 Å². The zero-order chi connectivity index (χ0) is 6.78. The number of hydrogen-bond acceptors (Lipinski definition) is 0. The van der Waals surface area contributed by atoms with Gasteiger partial charge < -0.3 is 0 Å². The van der Waals surface area contributed by atoms with E-state index in [4.69, 9.17) is 0 Å². The van der Waals surface area contributed by atoms with Gasteiger partial charge in [-0.1, -0.05) is 20.8 Å². The molecule has 0 spiro atoms. The van der Waals surface area contributed by atoms with Gasteiger partial charge in [0.25, 0.3) is 0 Å². The lowest BCUT2D eigenvalue weighted by molar-refractivity contribution is 0.129. The Labute approximate surface area is 48.9 Å². The van der Waals surface area contributed by atoms with Crippen LogP contribution in [0.4, 0.5) is 8.78 Å². The molecule has 0 saturated carbocycles. The number of halogens is 2. The molecule has 0 fully saturated rings. The van der Waals surface area contributed by atoms with E-state index in [2.05, 4.69) is 0 Å². The average molecular weight is 122 g/mol. The van der Waals surface area contributed by atoms with E-state index >= 15 is 0 Å². The highest BCUT2D eigenvalue weighted by Gasteiger charge is 2.23. The van der Waals surface area contributed by atoms with Gasteiger partial charge in [0, 0.05) is 0 Å². The smallest absolute Gasteiger partial charge is 0.133 e. The largest absolute Gasteiger partial charge is 0.248 e. The fourth-order valence-corrected chi connectivity index (χ4v) is 0.231. The molecule has 0 aromatic heterocycles. The zero-order valence-corrected chi connectivity index (χ0v) is 5.54. The van der Waals surface area contributed by atoms with Crippen LogP contribution in [0.2, 0.25) is 0 Å². The van der Waals surface area contributed by atoms with Crippen LogP contribution >= 0.6 is 0 Å². The van der Waals surface area contributed by atoms with Gasteiger partial charge in [-0.2, -0.15) is 0 Å². The molecule has 1 atom stereocenters. The second-order valence-electron chi connectivity index (χ2n) is 2.99. The molecule has 0 aromatic carbocycles. The Morgan fingerprint density at radius 2 is 1.75 bits per heavy atom. The summed E-state index contributed by atoms with van der Waals surface area (Å²) in [4.78, 5) is 0. The minimum absolute atomic E-state index is 0.533. The maximum atomic E-state index is 12.3. The molecule has 0 amide bonds. The standard InChI is InChI=1S/C6H12F2/c1-6(2,3)5(8)4-7/h5H,4H2,1-3H3. The lowest BCUT2D eigenvalue weighted by Gasteiger charge is -2.20. The lowest BCUT2D eigenvalue weighted by Crippen LogP contribution is -2.23. The van der Waals surface area contributed by atoms with Crippen LogP contribution in [0, 0.1) is 5.41 Å². The van der Waals surface area contributed by atoms with Crippen molar-refractivity contribution in [2.24, 2.45) is 5.41 Å². The van der Waals surface area contributed by atoms with Gasteiger partial charge in [0.15, 0.2) is 0 Å². The van der Waals surface area contributed by atoms with Crippen molar-refractivity contribution in [2.45, 2.75) is 26.9 Å². The third-order valence-electron chi connectivity index (χ3n) is 1.08. The van der Waals surface area contributed by atoms with Gasteiger partial charge in [0.05, 0.1) is 0 Å². The van der Waals surface area contributed by atoms with Gasteiger partial charge in [-0.05, 0) is 5.41 Å². The van der Waals surface area contributed by atoms with Gasteiger partial charge >= 0.3 is 0 Å². The zero-order valence-electron chi connectivity index (χ0n) is 5.54. The Kier molecular flexibility index (Phi) is 2.38. The van der Waals surface area contributed by atoms with E-state index in [1.165, 1.54) is 0 Å². The second kappa shape index (κ2) is 2.42. The highest BCUT2D eigenvalue weighted by atomic mass is 19.2. The van der Waals surface area contributed by atoms with Gasteiger partial charge in [0.2, 0.25) is 0 Å². The molecule has 0 nitrogen and oxygen atoms in total. The Balaban J connectivity index is 3.62. The van der Waals surface area contributed by atoms with Gasteiger partial charge in [-0.15, -0.1) is 0 Å². The first-order valence-corrected chi connectivity index (χ1v) is 2.68. The van der Waals surface area contributed by atoms with E-state index in [-0.39, 0.29) is 0 Å². The van der Waals surface area contributed by atoms with Crippen molar-refractivity contribution < 1.29 is 8.78 Å². The molecule has 50 valence electrons. The molecule has 0 aliphatic rings. The molecule has 8 heavy (non-hydrogen) atoms. The first kappa shape index (κ1) is 7.86. The Morgan fingerprint density at radius 3 is 1.75 bits per heavy atom. The van der Waals surface area contributed by atoms with E-state index < -0.39 is 18.3 Å². The number of rotatable bonds is 1. The summed E-state index contributed by atoms with van der Waals surface area (Å²) in [6.07, 6.45) is -1.32. The molecule has 0 radical (unpaired) electrons. The summed E-state index contributed by atoms with van der Waals surface area (Å²) in [6, 6.07) is 0. The van der Waals surface area contributed by atoms with Crippen molar-refractivity contribution in [3.63, 3.8) is 0 Å². The topological polar surface area (TPSA) is 0 Å².